The van der Waals surface area contributed by atoms with E-state index in [-0.39, 0.29) is 23.3 Å². The predicted molar refractivity (Wildman–Crippen MR) is 96.2 cm³/mol. The van der Waals surface area contributed by atoms with Crippen LogP contribution in [0.25, 0.3) is 0 Å². The lowest BCUT2D eigenvalue weighted by molar-refractivity contribution is -0.126. The highest BCUT2D eigenvalue weighted by molar-refractivity contribution is 7.98. The number of fused-ring (bicyclic) bond motifs is 1. The lowest BCUT2D eigenvalue weighted by atomic mass is 10.0. The van der Waals surface area contributed by atoms with Crippen LogP contribution in [0.3, 0.4) is 0 Å². The van der Waals surface area contributed by atoms with Gasteiger partial charge in [-0.05, 0) is 50.8 Å². The largest absolute Gasteiger partial charge is 0.349 e. The molecule has 0 aromatic heterocycles. The zero-order chi connectivity index (χ0) is 17.9. The maximum absolute atomic E-state index is 12.8. The highest BCUT2D eigenvalue weighted by Crippen LogP contribution is 2.26. The van der Waals surface area contributed by atoms with Crippen LogP contribution in [0.15, 0.2) is 24.3 Å². The van der Waals surface area contributed by atoms with E-state index in [4.69, 9.17) is 0 Å². The molecule has 3 amide bonds. The second kappa shape index (κ2) is 7.38. The van der Waals surface area contributed by atoms with Gasteiger partial charge in [0.05, 0.1) is 11.1 Å². The van der Waals surface area contributed by atoms with Gasteiger partial charge in [0.1, 0.15) is 6.04 Å². The van der Waals surface area contributed by atoms with Crippen molar-refractivity contribution in [2.75, 3.05) is 12.0 Å². The van der Waals surface area contributed by atoms with Gasteiger partial charge in [-0.15, -0.1) is 0 Å². The van der Waals surface area contributed by atoms with Crippen molar-refractivity contribution in [3.05, 3.63) is 35.4 Å². The molecule has 0 fully saturated rings. The highest BCUT2D eigenvalue weighted by Gasteiger charge is 2.42. The van der Waals surface area contributed by atoms with Gasteiger partial charge in [0.2, 0.25) is 5.91 Å². The van der Waals surface area contributed by atoms with Crippen LogP contribution < -0.4 is 5.32 Å². The Morgan fingerprint density at radius 1 is 1.21 bits per heavy atom. The summed E-state index contributed by atoms with van der Waals surface area (Å²) < 4.78 is 0. The first-order chi connectivity index (χ1) is 11.3. The van der Waals surface area contributed by atoms with E-state index in [9.17, 15) is 14.4 Å². The maximum atomic E-state index is 12.8. The molecule has 0 radical (unpaired) electrons. The van der Waals surface area contributed by atoms with Crippen molar-refractivity contribution >= 4 is 29.5 Å². The SMILES string of the molecule is CCC(C)(C)NC(=O)[C@@H](CCSC)N1C(=O)c2ccccc2C1=O. The van der Waals surface area contributed by atoms with E-state index in [1.54, 1.807) is 36.0 Å². The van der Waals surface area contributed by atoms with E-state index in [1.165, 1.54) is 0 Å². The molecule has 1 heterocycles. The third kappa shape index (κ3) is 3.64. The number of benzene rings is 1. The summed E-state index contributed by atoms with van der Waals surface area (Å²) in [7, 11) is 0. The fraction of sp³-hybridized carbons (Fsp3) is 0.500. The van der Waals surface area contributed by atoms with Crippen molar-refractivity contribution in [1.29, 1.82) is 0 Å². The summed E-state index contributed by atoms with van der Waals surface area (Å²) in [4.78, 5) is 39.3. The molecule has 130 valence electrons. The Labute approximate surface area is 147 Å². The fourth-order valence-electron chi connectivity index (χ4n) is 2.60. The van der Waals surface area contributed by atoms with Gasteiger partial charge in [0.15, 0.2) is 0 Å². The van der Waals surface area contributed by atoms with Gasteiger partial charge in [-0.2, -0.15) is 11.8 Å². The topological polar surface area (TPSA) is 66.5 Å². The monoisotopic (exact) mass is 348 g/mol. The van der Waals surface area contributed by atoms with Gasteiger partial charge >= 0.3 is 0 Å². The van der Waals surface area contributed by atoms with E-state index in [0.717, 1.165) is 11.3 Å². The molecule has 1 aliphatic heterocycles. The molecule has 0 aliphatic carbocycles. The minimum Gasteiger partial charge on any atom is -0.349 e. The smallest absolute Gasteiger partial charge is 0.262 e. The third-order valence-corrected chi connectivity index (χ3v) is 5.02. The van der Waals surface area contributed by atoms with Crippen molar-refractivity contribution in [2.24, 2.45) is 0 Å². The molecule has 1 atom stereocenters. The zero-order valence-electron chi connectivity index (χ0n) is 14.6. The summed E-state index contributed by atoms with van der Waals surface area (Å²) >= 11 is 1.59. The molecule has 0 bridgehead atoms. The number of amides is 3. The van der Waals surface area contributed by atoms with Gasteiger partial charge < -0.3 is 5.32 Å². The van der Waals surface area contributed by atoms with E-state index >= 15 is 0 Å². The molecule has 0 saturated heterocycles. The number of nitrogens with one attached hydrogen (secondary N) is 1. The molecule has 0 unspecified atom stereocenters. The molecule has 24 heavy (non-hydrogen) atoms. The van der Waals surface area contributed by atoms with Crippen LogP contribution in [0.5, 0.6) is 0 Å². The summed E-state index contributed by atoms with van der Waals surface area (Å²) in [5, 5.41) is 2.97. The van der Waals surface area contributed by atoms with Gasteiger partial charge in [-0.25, -0.2) is 0 Å². The summed E-state index contributed by atoms with van der Waals surface area (Å²) in [6.07, 6.45) is 3.14. The van der Waals surface area contributed by atoms with Crippen LogP contribution in [-0.4, -0.2) is 46.2 Å². The molecule has 5 nitrogen and oxygen atoms in total. The number of hydrogen-bond acceptors (Lipinski definition) is 4. The number of rotatable bonds is 7. The van der Waals surface area contributed by atoms with Crippen LogP contribution in [0.1, 0.15) is 54.3 Å². The second-order valence-corrected chi connectivity index (χ2v) is 7.54. The van der Waals surface area contributed by atoms with E-state index in [1.807, 2.05) is 27.0 Å². The predicted octanol–water partition coefficient (Wildman–Crippen LogP) is 2.71. The summed E-state index contributed by atoms with van der Waals surface area (Å²) in [5.41, 5.74) is 0.367. The van der Waals surface area contributed by atoms with Crippen LogP contribution >= 0.6 is 11.8 Å². The number of nitrogens with zero attached hydrogens (tertiary/aromatic N) is 1. The Balaban J connectivity index is 2.30. The molecule has 1 aliphatic rings. The third-order valence-electron chi connectivity index (χ3n) is 4.38. The average Bonchev–Trinajstić information content (AvgIpc) is 2.80. The highest BCUT2D eigenvalue weighted by atomic mass is 32.2. The number of thioether (sulfide) groups is 1. The van der Waals surface area contributed by atoms with Gasteiger partial charge in [-0.3, -0.25) is 19.3 Å². The molecule has 1 N–H and O–H groups in total. The Bertz CT molecular complexity index is 622. The maximum Gasteiger partial charge on any atom is 0.262 e. The average molecular weight is 348 g/mol. The summed E-state index contributed by atoms with van der Waals surface area (Å²) in [5.74, 6) is -0.347. The molecule has 6 heteroatoms. The minimum atomic E-state index is -0.782. The van der Waals surface area contributed by atoms with E-state index < -0.39 is 6.04 Å². The van der Waals surface area contributed by atoms with Crippen LogP contribution in [-0.2, 0) is 4.79 Å². The second-order valence-electron chi connectivity index (χ2n) is 6.55. The molecule has 0 spiro atoms. The normalized spacial score (nSPS) is 15.4. The zero-order valence-corrected chi connectivity index (χ0v) is 15.4. The first kappa shape index (κ1) is 18.5. The van der Waals surface area contributed by atoms with Crippen molar-refractivity contribution in [1.82, 2.24) is 10.2 Å². The number of carbonyl (C=O) groups excluding carboxylic acids is 3. The van der Waals surface area contributed by atoms with E-state index in [2.05, 4.69) is 5.32 Å². The Morgan fingerprint density at radius 2 is 1.75 bits per heavy atom. The standard InChI is InChI=1S/C18H24N2O3S/c1-5-18(2,3)19-15(21)14(10-11-24-4)20-16(22)12-8-6-7-9-13(12)17(20)23/h6-9,14H,5,10-11H2,1-4H3,(H,19,21)/t14-/m1/s1. The van der Waals surface area contributed by atoms with Gasteiger partial charge in [0.25, 0.3) is 11.8 Å². The van der Waals surface area contributed by atoms with Crippen LogP contribution in [0, 0.1) is 0 Å². The molecule has 2 rings (SSSR count). The number of imide groups is 1. The lowest BCUT2D eigenvalue weighted by Crippen LogP contribution is -2.54. The Morgan fingerprint density at radius 3 is 2.21 bits per heavy atom. The molecule has 0 saturated carbocycles. The Hall–Kier alpha value is -1.82. The molecule has 1 aromatic carbocycles. The molecular formula is C18H24N2O3S. The molecule has 1 aromatic rings. The first-order valence-electron chi connectivity index (χ1n) is 8.10. The number of hydrogen-bond donors (Lipinski definition) is 1. The summed E-state index contributed by atoms with van der Waals surface area (Å²) in [6, 6.07) is 5.94. The van der Waals surface area contributed by atoms with E-state index in [0.29, 0.717) is 23.3 Å². The van der Waals surface area contributed by atoms with Crippen molar-refractivity contribution < 1.29 is 14.4 Å². The first-order valence-corrected chi connectivity index (χ1v) is 9.49. The number of carbonyl (C=O) groups is 3. The minimum absolute atomic E-state index is 0.273. The quantitative estimate of drug-likeness (QED) is 0.770. The van der Waals surface area contributed by atoms with Crippen LogP contribution in [0.4, 0.5) is 0 Å². The lowest BCUT2D eigenvalue weighted by Gasteiger charge is -2.31. The van der Waals surface area contributed by atoms with Gasteiger partial charge in [0, 0.05) is 5.54 Å². The van der Waals surface area contributed by atoms with Crippen molar-refractivity contribution in [3.8, 4) is 0 Å². The molecular weight excluding hydrogens is 324 g/mol. The Kier molecular flexibility index (Phi) is 5.70. The summed E-state index contributed by atoms with van der Waals surface area (Å²) in [6.45, 7) is 5.84. The van der Waals surface area contributed by atoms with Gasteiger partial charge in [-0.1, -0.05) is 19.1 Å². The van der Waals surface area contributed by atoms with Crippen LogP contribution in [0.2, 0.25) is 0 Å². The van der Waals surface area contributed by atoms with Crippen molar-refractivity contribution in [2.45, 2.75) is 45.2 Å². The fourth-order valence-corrected chi connectivity index (χ4v) is 3.06. The van der Waals surface area contributed by atoms with Crippen molar-refractivity contribution in [3.63, 3.8) is 0 Å².